The van der Waals surface area contributed by atoms with Crippen molar-refractivity contribution in [3.05, 3.63) is 97.2 Å². The quantitative estimate of drug-likeness (QED) is 0.0321. The summed E-state index contributed by atoms with van der Waals surface area (Å²) in [6, 6.07) is -0.726. The van der Waals surface area contributed by atoms with Crippen LogP contribution in [0.15, 0.2) is 97.2 Å². The van der Waals surface area contributed by atoms with Crippen LogP contribution in [0.5, 0.6) is 0 Å². The van der Waals surface area contributed by atoms with Crippen molar-refractivity contribution < 1.29 is 24.5 Å². The monoisotopic (exact) mass is 890 g/mol. The van der Waals surface area contributed by atoms with Gasteiger partial charge in [-0.25, -0.2) is 0 Å². The average molecular weight is 890 g/mol. The van der Waals surface area contributed by atoms with Gasteiger partial charge >= 0.3 is 5.97 Å². The highest BCUT2D eigenvalue weighted by atomic mass is 16.5. The molecule has 366 valence electrons. The number of hydrogen-bond donors (Lipinski definition) is 3. The van der Waals surface area contributed by atoms with E-state index in [1.807, 2.05) is 0 Å². The molecule has 0 radical (unpaired) electrons. The van der Waals surface area contributed by atoms with Gasteiger partial charge in [0.1, 0.15) is 6.10 Å². The van der Waals surface area contributed by atoms with Gasteiger partial charge in [-0.05, 0) is 109 Å². The van der Waals surface area contributed by atoms with Crippen molar-refractivity contribution in [2.24, 2.45) is 0 Å². The van der Waals surface area contributed by atoms with Gasteiger partial charge in [-0.2, -0.15) is 0 Å². The summed E-state index contributed by atoms with van der Waals surface area (Å²) in [4.78, 5) is 26.2. The van der Waals surface area contributed by atoms with E-state index in [0.29, 0.717) is 19.3 Å². The van der Waals surface area contributed by atoms with Gasteiger partial charge in [-0.15, -0.1) is 0 Å². The molecule has 0 aliphatic carbocycles. The average Bonchev–Trinajstić information content (AvgIpc) is 3.29. The van der Waals surface area contributed by atoms with Crippen molar-refractivity contribution >= 4 is 11.9 Å². The van der Waals surface area contributed by atoms with E-state index in [4.69, 9.17) is 4.74 Å². The second-order valence-electron chi connectivity index (χ2n) is 17.5. The first-order valence-electron chi connectivity index (χ1n) is 26.5. The van der Waals surface area contributed by atoms with Crippen molar-refractivity contribution in [2.45, 2.75) is 251 Å². The molecule has 6 nitrogen and oxygen atoms in total. The van der Waals surface area contributed by atoms with Crippen LogP contribution in [0.1, 0.15) is 233 Å². The molecule has 6 heteroatoms. The third kappa shape index (κ3) is 45.4. The highest BCUT2D eigenvalue weighted by Crippen LogP contribution is 2.16. The number of carbonyl (C=O) groups excluding carboxylic acids is 2. The molecule has 0 saturated carbocycles. The molecule has 64 heavy (non-hydrogen) atoms. The molecule has 0 aromatic carbocycles. The summed E-state index contributed by atoms with van der Waals surface area (Å²) in [6.45, 7) is 6.31. The Hall–Kier alpha value is -3.22. The maximum Gasteiger partial charge on any atom is 0.306 e. The van der Waals surface area contributed by atoms with Crippen LogP contribution in [0.4, 0.5) is 0 Å². The molecule has 0 rings (SSSR count). The first kappa shape index (κ1) is 60.8. The number of ether oxygens (including phenoxy) is 1. The molecule has 3 N–H and O–H groups in total. The van der Waals surface area contributed by atoms with E-state index >= 15 is 0 Å². The van der Waals surface area contributed by atoms with Gasteiger partial charge in [0.15, 0.2) is 0 Å². The van der Waals surface area contributed by atoms with Crippen LogP contribution in [-0.4, -0.2) is 46.9 Å². The van der Waals surface area contributed by atoms with Crippen LogP contribution in [0.3, 0.4) is 0 Å². The Labute approximate surface area is 395 Å². The minimum absolute atomic E-state index is 0.0329. The summed E-state index contributed by atoms with van der Waals surface area (Å²) in [5, 5.41) is 23.7. The lowest BCUT2D eigenvalue weighted by molar-refractivity contribution is -0.151. The molecule has 0 aliphatic rings. The minimum atomic E-state index is -0.809. The predicted octanol–water partition coefficient (Wildman–Crippen LogP) is 16.1. The van der Waals surface area contributed by atoms with Crippen LogP contribution in [0.2, 0.25) is 0 Å². The van der Waals surface area contributed by atoms with Crippen molar-refractivity contribution in [1.82, 2.24) is 5.32 Å². The number of rotatable bonds is 46. The Morgan fingerprint density at radius 1 is 0.469 bits per heavy atom. The molecule has 0 saturated heterocycles. The molecular formula is C58H99NO5. The zero-order valence-corrected chi connectivity index (χ0v) is 41.6. The normalized spacial score (nSPS) is 14.0. The number of aliphatic hydroxyl groups is 2. The lowest BCUT2D eigenvalue weighted by Crippen LogP contribution is -2.46. The van der Waals surface area contributed by atoms with Gasteiger partial charge in [0.05, 0.1) is 25.2 Å². The number of carbonyl (C=O) groups is 2. The highest BCUT2D eigenvalue weighted by Gasteiger charge is 2.24. The third-order valence-corrected chi connectivity index (χ3v) is 11.4. The highest BCUT2D eigenvalue weighted by molar-refractivity contribution is 5.77. The fraction of sp³-hybridized carbons (Fsp3) is 0.690. The first-order chi connectivity index (χ1) is 31.5. The number of allylic oxidation sites excluding steroid dienone is 16. The molecule has 0 fully saturated rings. The van der Waals surface area contributed by atoms with Crippen molar-refractivity contribution in [1.29, 1.82) is 0 Å². The zero-order valence-electron chi connectivity index (χ0n) is 41.6. The lowest BCUT2D eigenvalue weighted by atomic mass is 10.0. The summed E-state index contributed by atoms with van der Waals surface area (Å²) < 4.78 is 5.91. The molecule has 0 aromatic rings. The number of hydrogen-bond acceptors (Lipinski definition) is 5. The van der Waals surface area contributed by atoms with Crippen molar-refractivity contribution in [2.75, 3.05) is 6.61 Å². The molecule has 0 bridgehead atoms. The second kappa shape index (κ2) is 50.8. The summed E-state index contributed by atoms with van der Waals surface area (Å²) in [6.07, 6.45) is 67.5. The van der Waals surface area contributed by atoms with Gasteiger partial charge in [-0.3, -0.25) is 9.59 Å². The van der Waals surface area contributed by atoms with E-state index in [9.17, 15) is 19.8 Å². The van der Waals surface area contributed by atoms with Gasteiger partial charge in [-0.1, -0.05) is 208 Å². The largest absolute Gasteiger partial charge is 0.462 e. The molecule has 1 amide bonds. The van der Waals surface area contributed by atoms with Crippen LogP contribution in [0.25, 0.3) is 0 Å². The Morgan fingerprint density at radius 2 is 0.844 bits per heavy atom. The zero-order chi connectivity index (χ0) is 46.7. The van der Waals surface area contributed by atoms with Crippen LogP contribution in [0, 0.1) is 0 Å². The standard InChI is InChI=1S/C58H99NO5/c1-4-7-10-13-16-19-22-24-26-27-28-29-31-33-36-39-42-45-48-51-58(63)64-54(49-46-43-40-37-35-32-30-25-23-20-17-14-11-8-5-2)52-57(62)59-55(53-60)56(61)50-47-44-41-38-34-21-18-15-12-9-6-3/h7,10,16-17,19-20,24-26,28-30,33,35-37,54-56,60-61H,4-6,8-9,11-15,18,21-23,27,31-32,34,38-53H2,1-3H3,(H,59,62)/b10-7-,19-16-,20-17-,26-24-,29-28-,30-25-,36-33-,37-35-. The number of nitrogens with one attached hydrogen (secondary N) is 1. The minimum Gasteiger partial charge on any atom is -0.462 e. The molecule has 3 unspecified atom stereocenters. The smallest absolute Gasteiger partial charge is 0.306 e. The summed E-state index contributed by atoms with van der Waals surface area (Å²) in [7, 11) is 0. The van der Waals surface area contributed by atoms with Gasteiger partial charge < -0.3 is 20.3 Å². The summed E-state index contributed by atoms with van der Waals surface area (Å²) in [5.41, 5.74) is 0. The second-order valence-corrected chi connectivity index (χ2v) is 17.5. The maximum atomic E-state index is 13.2. The molecule has 0 aromatic heterocycles. The Balaban J connectivity index is 4.72. The fourth-order valence-corrected chi connectivity index (χ4v) is 7.40. The van der Waals surface area contributed by atoms with Crippen molar-refractivity contribution in [3.8, 4) is 0 Å². The van der Waals surface area contributed by atoms with Crippen LogP contribution in [-0.2, 0) is 14.3 Å². The Kier molecular flexibility index (Phi) is 48.2. The van der Waals surface area contributed by atoms with E-state index in [0.717, 1.165) is 109 Å². The van der Waals surface area contributed by atoms with E-state index in [1.54, 1.807) is 0 Å². The van der Waals surface area contributed by atoms with Crippen LogP contribution >= 0.6 is 0 Å². The van der Waals surface area contributed by atoms with E-state index in [2.05, 4.69) is 123 Å². The molecule has 0 heterocycles. The topological polar surface area (TPSA) is 95.9 Å². The summed E-state index contributed by atoms with van der Waals surface area (Å²) in [5.74, 6) is -0.556. The number of esters is 1. The summed E-state index contributed by atoms with van der Waals surface area (Å²) >= 11 is 0. The number of unbranched alkanes of at least 4 members (excludes halogenated alkanes) is 18. The first-order valence-corrected chi connectivity index (χ1v) is 26.5. The van der Waals surface area contributed by atoms with Gasteiger partial charge in [0, 0.05) is 6.42 Å². The lowest BCUT2D eigenvalue weighted by Gasteiger charge is -2.24. The van der Waals surface area contributed by atoms with Crippen LogP contribution < -0.4 is 5.32 Å². The molecular weight excluding hydrogens is 791 g/mol. The Morgan fingerprint density at radius 3 is 1.31 bits per heavy atom. The van der Waals surface area contributed by atoms with Gasteiger partial charge in [0.25, 0.3) is 0 Å². The SMILES string of the molecule is CC/C=C\C/C=C\C/C=C\C/C=C\C/C=C\CCCCCC(=O)OC(CCCC/C=C\C/C=C\C/C=C\CCCCC)CC(=O)NC(CO)C(O)CCCCCCCCCCCCC. The van der Waals surface area contributed by atoms with Crippen molar-refractivity contribution in [3.63, 3.8) is 0 Å². The molecule has 0 aliphatic heterocycles. The number of aliphatic hydroxyl groups excluding tert-OH is 2. The van der Waals surface area contributed by atoms with Gasteiger partial charge in [0.2, 0.25) is 5.91 Å². The number of amides is 1. The third-order valence-electron chi connectivity index (χ3n) is 11.4. The Bertz CT molecular complexity index is 1270. The molecule has 3 atom stereocenters. The van der Waals surface area contributed by atoms with E-state index < -0.39 is 18.2 Å². The maximum absolute atomic E-state index is 13.2. The fourth-order valence-electron chi connectivity index (χ4n) is 7.40. The van der Waals surface area contributed by atoms with E-state index in [1.165, 1.54) is 77.0 Å². The van der Waals surface area contributed by atoms with E-state index in [-0.39, 0.29) is 24.9 Å². The predicted molar refractivity (Wildman–Crippen MR) is 277 cm³/mol. The molecule has 0 spiro atoms.